The number of rotatable bonds is 2. The minimum atomic E-state index is -0.509. The Kier molecular flexibility index (Phi) is 2.70. The van der Waals surface area contributed by atoms with Crippen LogP contribution in [-0.4, -0.2) is 10.9 Å². The number of aromatic nitrogens is 1. The van der Waals surface area contributed by atoms with Gasteiger partial charge in [-0.05, 0) is 31.2 Å². The van der Waals surface area contributed by atoms with Gasteiger partial charge in [0.2, 0.25) is 0 Å². The van der Waals surface area contributed by atoms with Gasteiger partial charge < -0.3 is 5.73 Å². The SMILES string of the molecule is Cc1nc(-c2ccc(F)cc2)c(C(N)=O)s1. The lowest BCUT2D eigenvalue weighted by Crippen LogP contribution is -2.10. The summed E-state index contributed by atoms with van der Waals surface area (Å²) in [6.07, 6.45) is 0. The fourth-order valence-electron chi connectivity index (χ4n) is 1.40. The van der Waals surface area contributed by atoms with Crippen molar-refractivity contribution < 1.29 is 9.18 Å². The van der Waals surface area contributed by atoms with Crippen molar-refractivity contribution in [3.63, 3.8) is 0 Å². The number of aryl methyl sites for hydroxylation is 1. The average molecular weight is 236 g/mol. The smallest absolute Gasteiger partial charge is 0.261 e. The minimum absolute atomic E-state index is 0.323. The number of hydrogen-bond acceptors (Lipinski definition) is 3. The second-order valence-corrected chi connectivity index (χ2v) is 4.48. The van der Waals surface area contributed by atoms with Crippen molar-refractivity contribution in [1.82, 2.24) is 4.98 Å². The van der Waals surface area contributed by atoms with E-state index in [4.69, 9.17) is 5.73 Å². The molecule has 0 atom stereocenters. The number of halogens is 1. The molecule has 2 aromatic rings. The van der Waals surface area contributed by atoms with Crippen molar-refractivity contribution >= 4 is 17.2 Å². The largest absolute Gasteiger partial charge is 0.365 e. The van der Waals surface area contributed by atoms with Crippen molar-refractivity contribution in [2.45, 2.75) is 6.92 Å². The van der Waals surface area contributed by atoms with Gasteiger partial charge in [-0.1, -0.05) is 0 Å². The number of benzene rings is 1. The van der Waals surface area contributed by atoms with E-state index in [0.717, 1.165) is 5.01 Å². The first kappa shape index (κ1) is 10.8. The molecule has 82 valence electrons. The van der Waals surface area contributed by atoms with Crippen LogP contribution in [0.4, 0.5) is 4.39 Å². The first-order valence-corrected chi connectivity index (χ1v) is 5.43. The highest BCUT2D eigenvalue weighted by molar-refractivity contribution is 7.14. The van der Waals surface area contributed by atoms with Crippen LogP contribution in [0, 0.1) is 12.7 Å². The zero-order valence-corrected chi connectivity index (χ0v) is 9.34. The highest BCUT2D eigenvalue weighted by atomic mass is 32.1. The van der Waals surface area contributed by atoms with Crippen LogP contribution in [0.25, 0.3) is 11.3 Å². The summed E-state index contributed by atoms with van der Waals surface area (Å²) in [4.78, 5) is 15.8. The predicted molar refractivity (Wildman–Crippen MR) is 60.8 cm³/mol. The molecule has 1 aromatic heterocycles. The second kappa shape index (κ2) is 4.02. The Morgan fingerprint density at radius 1 is 1.38 bits per heavy atom. The maximum absolute atomic E-state index is 12.8. The van der Waals surface area contributed by atoms with E-state index in [1.165, 1.54) is 23.5 Å². The molecule has 0 unspecified atom stereocenters. The van der Waals surface area contributed by atoms with Crippen LogP contribution >= 0.6 is 11.3 Å². The Morgan fingerprint density at radius 3 is 2.56 bits per heavy atom. The second-order valence-electron chi connectivity index (χ2n) is 3.28. The third kappa shape index (κ3) is 1.94. The number of primary amides is 1. The Labute approximate surface area is 95.7 Å². The number of thiazole rings is 1. The van der Waals surface area contributed by atoms with E-state index in [0.29, 0.717) is 16.1 Å². The lowest BCUT2D eigenvalue weighted by molar-refractivity contribution is 0.100. The fourth-order valence-corrected chi connectivity index (χ4v) is 2.19. The number of hydrogen-bond donors (Lipinski definition) is 1. The number of nitrogens with two attached hydrogens (primary N) is 1. The number of carbonyl (C=O) groups excluding carboxylic acids is 1. The Morgan fingerprint density at radius 2 is 2.00 bits per heavy atom. The monoisotopic (exact) mass is 236 g/mol. The van der Waals surface area contributed by atoms with E-state index in [9.17, 15) is 9.18 Å². The molecule has 16 heavy (non-hydrogen) atoms. The zero-order chi connectivity index (χ0) is 11.7. The van der Waals surface area contributed by atoms with E-state index < -0.39 is 5.91 Å². The summed E-state index contributed by atoms with van der Waals surface area (Å²) in [6, 6.07) is 5.82. The molecule has 3 nitrogen and oxygen atoms in total. The molecule has 0 fully saturated rings. The van der Waals surface area contributed by atoms with Crippen LogP contribution < -0.4 is 5.73 Å². The summed E-state index contributed by atoms with van der Waals surface area (Å²) >= 11 is 1.24. The molecule has 1 heterocycles. The normalized spacial score (nSPS) is 10.4. The third-order valence-electron chi connectivity index (χ3n) is 2.08. The maximum atomic E-state index is 12.8. The number of nitrogens with zero attached hydrogens (tertiary/aromatic N) is 1. The third-order valence-corrected chi connectivity index (χ3v) is 3.06. The van der Waals surface area contributed by atoms with Gasteiger partial charge in [0.1, 0.15) is 10.7 Å². The van der Waals surface area contributed by atoms with Gasteiger partial charge in [-0.25, -0.2) is 9.37 Å². The maximum Gasteiger partial charge on any atom is 0.261 e. The topological polar surface area (TPSA) is 56.0 Å². The average Bonchev–Trinajstić information content (AvgIpc) is 2.61. The molecule has 0 spiro atoms. The molecule has 2 N–H and O–H groups in total. The van der Waals surface area contributed by atoms with Crippen LogP contribution in [-0.2, 0) is 0 Å². The van der Waals surface area contributed by atoms with Crippen LogP contribution in [0.3, 0.4) is 0 Å². The van der Waals surface area contributed by atoms with Crippen LogP contribution in [0.1, 0.15) is 14.7 Å². The van der Waals surface area contributed by atoms with Gasteiger partial charge in [-0.2, -0.15) is 0 Å². The van der Waals surface area contributed by atoms with Gasteiger partial charge in [0, 0.05) is 5.56 Å². The van der Waals surface area contributed by atoms with E-state index in [1.807, 2.05) is 0 Å². The molecule has 0 aliphatic rings. The van der Waals surface area contributed by atoms with Crippen molar-refractivity contribution in [3.05, 3.63) is 40.0 Å². The van der Waals surface area contributed by atoms with Crippen LogP contribution in [0.2, 0.25) is 0 Å². The highest BCUT2D eigenvalue weighted by Gasteiger charge is 2.15. The molecule has 0 saturated carbocycles. The number of carbonyl (C=O) groups is 1. The summed E-state index contributed by atoms with van der Waals surface area (Å²) in [6.45, 7) is 1.80. The predicted octanol–water partition coefficient (Wildman–Crippen LogP) is 2.36. The van der Waals surface area contributed by atoms with Gasteiger partial charge >= 0.3 is 0 Å². The number of amides is 1. The van der Waals surface area contributed by atoms with E-state index >= 15 is 0 Å². The van der Waals surface area contributed by atoms with Crippen molar-refractivity contribution in [3.8, 4) is 11.3 Å². The summed E-state index contributed by atoms with van der Waals surface area (Å²) in [5.41, 5.74) is 6.47. The highest BCUT2D eigenvalue weighted by Crippen LogP contribution is 2.27. The Balaban J connectivity index is 2.55. The molecule has 1 aromatic carbocycles. The molecule has 0 saturated heterocycles. The van der Waals surface area contributed by atoms with E-state index in [-0.39, 0.29) is 5.82 Å². The quantitative estimate of drug-likeness (QED) is 0.870. The molecule has 0 bridgehead atoms. The fraction of sp³-hybridized carbons (Fsp3) is 0.0909. The molecule has 2 rings (SSSR count). The van der Waals surface area contributed by atoms with Gasteiger partial charge in [0.25, 0.3) is 5.91 Å². The van der Waals surface area contributed by atoms with Crippen molar-refractivity contribution in [2.24, 2.45) is 5.73 Å². The Bertz CT molecular complexity index is 533. The van der Waals surface area contributed by atoms with Crippen molar-refractivity contribution in [1.29, 1.82) is 0 Å². The van der Waals surface area contributed by atoms with E-state index in [2.05, 4.69) is 4.98 Å². The summed E-state index contributed by atoms with van der Waals surface area (Å²) in [5, 5.41) is 0.758. The van der Waals surface area contributed by atoms with E-state index in [1.54, 1.807) is 19.1 Å². The summed E-state index contributed by atoms with van der Waals surface area (Å²) in [7, 11) is 0. The first-order valence-electron chi connectivity index (χ1n) is 4.61. The Hall–Kier alpha value is -1.75. The lowest BCUT2D eigenvalue weighted by atomic mass is 10.1. The van der Waals surface area contributed by atoms with Crippen LogP contribution in [0.15, 0.2) is 24.3 Å². The molecule has 0 radical (unpaired) electrons. The van der Waals surface area contributed by atoms with Crippen LogP contribution in [0.5, 0.6) is 0 Å². The van der Waals surface area contributed by atoms with Gasteiger partial charge in [0.05, 0.1) is 10.7 Å². The van der Waals surface area contributed by atoms with Gasteiger partial charge in [-0.3, -0.25) is 4.79 Å². The first-order chi connectivity index (χ1) is 7.58. The summed E-state index contributed by atoms with van der Waals surface area (Å²) < 4.78 is 12.8. The molecule has 1 amide bonds. The van der Waals surface area contributed by atoms with Gasteiger partial charge in [-0.15, -0.1) is 11.3 Å². The molecule has 0 aliphatic heterocycles. The standard InChI is InChI=1S/C11H9FN2OS/c1-6-14-9(10(16-6)11(13)15)7-2-4-8(12)5-3-7/h2-5H,1H3,(H2,13,15). The lowest BCUT2D eigenvalue weighted by Gasteiger charge is -1.98. The zero-order valence-electron chi connectivity index (χ0n) is 8.53. The molecular formula is C11H9FN2OS. The molecular weight excluding hydrogens is 227 g/mol. The van der Waals surface area contributed by atoms with Gasteiger partial charge in [0.15, 0.2) is 0 Å². The molecule has 0 aliphatic carbocycles. The molecule has 5 heteroatoms. The minimum Gasteiger partial charge on any atom is -0.365 e. The summed E-state index contributed by atoms with van der Waals surface area (Å²) in [5.74, 6) is -0.832. The van der Waals surface area contributed by atoms with Crippen molar-refractivity contribution in [2.75, 3.05) is 0 Å².